The summed E-state index contributed by atoms with van der Waals surface area (Å²) in [5.74, 6) is 0.963. The van der Waals surface area contributed by atoms with Crippen LogP contribution in [0.1, 0.15) is 22.5 Å². The Labute approximate surface area is 196 Å². The molecule has 2 N–H and O–H groups in total. The standard InChI is InChI=1S/C24H25FN8O/c1-14-28-22(26)21-24(29-14)33(23(30-21)17-7-19(25)9-27-8-17)10-15-4-5-16-11-32(12-18(16)6-15)20(34)13-31(2)3/h4-9H,10-13H2,1-3H3,(H2,26,28,29). The molecule has 9 nitrogen and oxygen atoms in total. The monoisotopic (exact) mass is 460 g/mol. The minimum absolute atomic E-state index is 0.104. The molecule has 0 aliphatic carbocycles. The number of halogens is 1. The first-order valence-corrected chi connectivity index (χ1v) is 10.9. The Morgan fingerprint density at radius 2 is 1.91 bits per heavy atom. The van der Waals surface area contributed by atoms with Gasteiger partial charge in [-0.05, 0) is 43.8 Å². The molecular formula is C24H25FN8O. The smallest absolute Gasteiger partial charge is 0.237 e. The number of hydrogen-bond donors (Lipinski definition) is 1. The third kappa shape index (κ3) is 4.08. The van der Waals surface area contributed by atoms with Crippen molar-refractivity contribution in [2.24, 2.45) is 0 Å². The van der Waals surface area contributed by atoms with E-state index in [-0.39, 0.29) is 11.7 Å². The van der Waals surface area contributed by atoms with E-state index < -0.39 is 5.82 Å². The van der Waals surface area contributed by atoms with Crippen molar-refractivity contribution in [1.82, 2.24) is 34.3 Å². The third-order valence-corrected chi connectivity index (χ3v) is 5.83. The summed E-state index contributed by atoms with van der Waals surface area (Å²) in [6, 6.07) is 7.59. The van der Waals surface area contributed by atoms with Crippen molar-refractivity contribution in [3.05, 3.63) is 65.0 Å². The number of rotatable bonds is 5. The molecule has 10 heteroatoms. The maximum Gasteiger partial charge on any atom is 0.237 e. The number of aryl methyl sites for hydroxylation is 1. The molecule has 3 aromatic heterocycles. The molecule has 4 heterocycles. The number of nitrogen functional groups attached to an aromatic ring is 1. The molecular weight excluding hydrogens is 435 g/mol. The van der Waals surface area contributed by atoms with Crippen molar-refractivity contribution in [3.8, 4) is 11.4 Å². The lowest BCUT2D eigenvalue weighted by Crippen LogP contribution is -2.34. The van der Waals surface area contributed by atoms with Crippen LogP contribution < -0.4 is 5.73 Å². The van der Waals surface area contributed by atoms with E-state index in [2.05, 4.69) is 32.1 Å². The average molecular weight is 461 g/mol. The first-order chi connectivity index (χ1) is 16.3. The Morgan fingerprint density at radius 1 is 1.12 bits per heavy atom. The van der Waals surface area contributed by atoms with E-state index in [9.17, 15) is 9.18 Å². The molecule has 5 rings (SSSR count). The normalized spacial score (nSPS) is 13.1. The first kappa shape index (κ1) is 21.9. The second-order valence-corrected chi connectivity index (χ2v) is 8.83. The zero-order valence-electron chi connectivity index (χ0n) is 19.3. The number of fused-ring (bicyclic) bond motifs is 2. The second kappa shape index (κ2) is 8.45. The molecule has 0 spiro atoms. The number of carbonyl (C=O) groups is 1. The third-order valence-electron chi connectivity index (χ3n) is 5.83. The molecule has 34 heavy (non-hydrogen) atoms. The number of nitrogens with zero attached hydrogens (tertiary/aromatic N) is 7. The van der Waals surface area contributed by atoms with Gasteiger partial charge in [-0.1, -0.05) is 18.2 Å². The van der Waals surface area contributed by atoms with Gasteiger partial charge < -0.3 is 20.1 Å². The fourth-order valence-corrected chi connectivity index (χ4v) is 4.32. The summed E-state index contributed by atoms with van der Waals surface area (Å²) in [5, 5.41) is 0. The lowest BCUT2D eigenvalue weighted by Gasteiger charge is -2.18. The summed E-state index contributed by atoms with van der Waals surface area (Å²) < 4.78 is 15.9. The number of amides is 1. The highest BCUT2D eigenvalue weighted by Crippen LogP contribution is 2.29. The van der Waals surface area contributed by atoms with Gasteiger partial charge >= 0.3 is 0 Å². The molecule has 0 saturated carbocycles. The Hall–Kier alpha value is -3.92. The van der Waals surface area contributed by atoms with Crippen LogP contribution in [-0.2, 0) is 24.4 Å². The fraction of sp³-hybridized carbons (Fsp3) is 0.292. The molecule has 0 saturated heterocycles. The topological polar surface area (TPSA) is 106 Å². The summed E-state index contributed by atoms with van der Waals surface area (Å²) in [5.41, 5.74) is 11.0. The number of likely N-dealkylation sites (N-methyl/N-ethyl adjacent to an activating group) is 1. The van der Waals surface area contributed by atoms with Crippen molar-refractivity contribution in [2.75, 3.05) is 26.4 Å². The lowest BCUT2D eigenvalue weighted by atomic mass is 10.1. The number of aromatic nitrogens is 5. The van der Waals surface area contributed by atoms with Crippen molar-refractivity contribution in [3.63, 3.8) is 0 Å². The van der Waals surface area contributed by atoms with E-state index in [1.807, 2.05) is 34.5 Å². The average Bonchev–Trinajstić information content (AvgIpc) is 3.35. The SMILES string of the molecule is Cc1nc(N)c2nc(-c3cncc(F)c3)n(Cc3ccc4c(c3)CN(C(=O)CN(C)C)C4)c2n1. The molecule has 0 bridgehead atoms. The Kier molecular flexibility index (Phi) is 5.45. The molecule has 1 aliphatic rings. The molecule has 0 atom stereocenters. The molecule has 4 aromatic rings. The summed E-state index contributed by atoms with van der Waals surface area (Å²) in [6.45, 7) is 3.78. The van der Waals surface area contributed by atoms with E-state index in [1.165, 1.54) is 6.07 Å². The molecule has 0 unspecified atom stereocenters. The van der Waals surface area contributed by atoms with Crippen molar-refractivity contribution < 1.29 is 9.18 Å². The van der Waals surface area contributed by atoms with Gasteiger partial charge in [0.2, 0.25) is 5.91 Å². The molecule has 1 aliphatic heterocycles. The van der Waals surface area contributed by atoms with E-state index in [1.54, 1.807) is 13.1 Å². The highest BCUT2D eigenvalue weighted by Gasteiger charge is 2.24. The van der Waals surface area contributed by atoms with E-state index in [0.717, 1.165) is 22.9 Å². The first-order valence-electron chi connectivity index (χ1n) is 10.9. The number of carbonyl (C=O) groups excluding carboxylic acids is 1. The minimum Gasteiger partial charge on any atom is -0.382 e. The number of nitrogens with two attached hydrogens (primary N) is 1. The summed E-state index contributed by atoms with van der Waals surface area (Å²) >= 11 is 0. The van der Waals surface area contributed by atoms with E-state index in [4.69, 9.17) is 5.73 Å². The fourth-order valence-electron chi connectivity index (χ4n) is 4.32. The highest BCUT2D eigenvalue weighted by molar-refractivity contribution is 5.85. The van der Waals surface area contributed by atoms with Crippen molar-refractivity contribution in [2.45, 2.75) is 26.6 Å². The van der Waals surface area contributed by atoms with Gasteiger partial charge in [-0.3, -0.25) is 9.78 Å². The van der Waals surface area contributed by atoms with E-state index >= 15 is 0 Å². The van der Waals surface area contributed by atoms with Gasteiger partial charge in [0.25, 0.3) is 0 Å². The zero-order chi connectivity index (χ0) is 24.0. The predicted octanol–water partition coefficient (Wildman–Crippen LogP) is 2.37. The number of imidazole rings is 1. The number of anilines is 1. The largest absolute Gasteiger partial charge is 0.382 e. The Morgan fingerprint density at radius 3 is 2.68 bits per heavy atom. The van der Waals surface area contributed by atoms with Crippen LogP contribution in [0.2, 0.25) is 0 Å². The maximum absolute atomic E-state index is 14.0. The minimum atomic E-state index is -0.452. The van der Waals surface area contributed by atoms with Crippen LogP contribution in [0.15, 0.2) is 36.7 Å². The number of hydrogen-bond acceptors (Lipinski definition) is 7. The summed E-state index contributed by atoms with van der Waals surface area (Å²) in [4.78, 5) is 33.7. The van der Waals surface area contributed by atoms with Crippen LogP contribution in [0, 0.1) is 12.7 Å². The van der Waals surface area contributed by atoms with Gasteiger partial charge in [0.15, 0.2) is 17.0 Å². The molecule has 174 valence electrons. The maximum atomic E-state index is 14.0. The second-order valence-electron chi connectivity index (χ2n) is 8.83. The molecule has 0 radical (unpaired) electrons. The van der Waals surface area contributed by atoms with Crippen molar-refractivity contribution >= 4 is 22.9 Å². The van der Waals surface area contributed by atoms with Crippen LogP contribution in [0.5, 0.6) is 0 Å². The van der Waals surface area contributed by atoms with Crippen LogP contribution in [0.3, 0.4) is 0 Å². The van der Waals surface area contributed by atoms with Crippen LogP contribution >= 0.6 is 0 Å². The van der Waals surface area contributed by atoms with Gasteiger partial charge in [-0.2, -0.15) is 0 Å². The lowest BCUT2D eigenvalue weighted by molar-refractivity contribution is -0.132. The quantitative estimate of drug-likeness (QED) is 0.487. The molecule has 1 aromatic carbocycles. The molecule has 0 fully saturated rings. The van der Waals surface area contributed by atoms with Gasteiger partial charge in [0.05, 0.1) is 19.3 Å². The van der Waals surface area contributed by atoms with Crippen LogP contribution in [-0.4, -0.2) is 60.9 Å². The van der Waals surface area contributed by atoms with Crippen molar-refractivity contribution in [1.29, 1.82) is 0 Å². The van der Waals surface area contributed by atoms with Gasteiger partial charge in [0, 0.05) is 24.8 Å². The summed E-state index contributed by atoms with van der Waals surface area (Å²) in [6.07, 6.45) is 2.72. The highest BCUT2D eigenvalue weighted by atomic mass is 19.1. The van der Waals surface area contributed by atoms with E-state index in [0.29, 0.717) is 54.6 Å². The van der Waals surface area contributed by atoms with Gasteiger partial charge in [-0.15, -0.1) is 0 Å². The number of pyridine rings is 1. The molecule has 1 amide bonds. The number of benzene rings is 1. The van der Waals surface area contributed by atoms with Gasteiger partial charge in [-0.25, -0.2) is 19.3 Å². The van der Waals surface area contributed by atoms with Gasteiger partial charge in [0.1, 0.15) is 17.5 Å². The Bertz CT molecular complexity index is 1410. The van der Waals surface area contributed by atoms with Crippen LogP contribution in [0.4, 0.5) is 10.2 Å². The predicted molar refractivity (Wildman–Crippen MR) is 126 cm³/mol. The summed E-state index contributed by atoms with van der Waals surface area (Å²) in [7, 11) is 3.77. The van der Waals surface area contributed by atoms with Crippen LogP contribution in [0.25, 0.3) is 22.6 Å². The Balaban J connectivity index is 1.53. The zero-order valence-corrected chi connectivity index (χ0v) is 19.3.